The summed E-state index contributed by atoms with van der Waals surface area (Å²) in [6, 6.07) is 14.6. The molecule has 31 heavy (non-hydrogen) atoms. The number of rotatable bonds is 8. The van der Waals surface area contributed by atoms with Crippen LogP contribution >= 0.6 is 0 Å². The van der Waals surface area contributed by atoms with E-state index >= 15 is 0 Å². The molecule has 1 aromatic heterocycles. The molecule has 0 aliphatic carbocycles. The van der Waals surface area contributed by atoms with Crippen molar-refractivity contribution in [3.05, 3.63) is 65.7 Å². The molecule has 0 saturated carbocycles. The van der Waals surface area contributed by atoms with E-state index in [4.69, 9.17) is 9.47 Å². The Morgan fingerprint density at radius 2 is 1.68 bits per heavy atom. The number of hydrogen-bond acceptors (Lipinski definition) is 7. The minimum Gasteiger partial charge on any atom is -0.497 e. The number of halogens is 1. The first-order chi connectivity index (χ1) is 15.2. The molecule has 0 bridgehead atoms. The lowest BCUT2D eigenvalue weighted by Gasteiger charge is -2.40. The van der Waals surface area contributed by atoms with Gasteiger partial charge in [0.2, 0.25) is 0 Å². The van der Waals surface area contributed by atoms with Crippen molar-refractivity contribution in [2.24, 2.45) is 0 Å². The molecule has 3 aromatic rings. The highest BCUT2D eigenvalue weighted by Crippen LogP contribution is 2.30. The van der Waals surface area contributed by atoms with Gasteiger partial charge in [-0.3, -0.25) is 4.90 Å². The van der Waals surface area contributed by atoms with Crippen LogP contribution in [0.2, 0.25) is 0 Å². The molecule has 8 nitrogen and oxygen atoms in total. The average Bonchev–Trinajstić information content (AvgIpc) is 3.27. The van der Waals surface area contributed by atoms with Crippen LogP contribution in [0.3, 0.4) is 0 Å². The molecule has 1 aliphatic rings. The molecular weight excluding hydrogens is 399 g/mol. The summed E-state index contributed by atoms with van der Waals surface area (Å²) in [6.07, 6.45) is 0. The van der Waals surface area contributed by atoms with Crippen LogP contribution in [0, 0.1) is 5.82 Å². The van der Waals surface area contributed by atoms with Gasteiger partial charge in [0.15, 0.2) is 5.82 Å². The summed E-state index contributed by atoms with van der Waals surface area (Å²) >= 11 is 0. The third-order valence-electron chi connectivity index (χ3n) is 5.61. The van der Waals surface area contributed by atoms with Crippen molar-refractivity contribution < 1.29 is 13.9 Å². The largest absolute Gasteiger partial charge is 0.497 e. The van der Waals surface area contributed by atoms with Crippen molar-refractivity contribution in [2.75, 3.05) is 51.9 Å². The van der Waals surface area contributed by atoms with Crippen LogP contribution < -0.4 is 9.64 Å². The maximum atomic E-state index is 13.3. The third-order valence-corrected chi connectivity index (χ3v) is 5.61. The fourth-order valence-electron chi connectivity index (χ4n) is 3.94. The van der Waals surface area contributed by atoms with E-state index in [1.165, 1.54) is 12.1 Å². The Morgan fingerprint density at radius 3 is 2.32 bits per heavy atom. The number of benzene rings is 2. The van der Waals surface area contributed by atoms with Gasteiger partial charge in [-0.15, -0.1) is 5.10 Å². The smallest absolute Gasteiger partial charge is 0.173 e. The summed E-state index contributed by atoms with van der Waals surface area (Å²) in [7, 11) is 3.33. The SMILES string of the molecule is COCCn1nnnc1[C@@H](c1ccc(OC)cc1)N1CCN(c2ccc(F)cc2)CC1. The van der Waals surface area contributed by atoms with Gasteiger partial charge >= 0.3 is 0 Å². The van der Waals surface area contributed by atoms with E-state index in [1.54, 1.807) is 14.2 Å². The fraction of sp³-hybridized carbons (Fsp3) is 0.409. The minimum absolute atomic E-state index is 0.0897. The van der Waals surface area contributed by atoms with Crippen molar-refractivity contribution in [2.45, 2.75) is 12.6 Å². The normalized spacial score (nSPS) is 15.8. The Balaban J connectivity index is 1.57. The first-order valence-electron chi connectivity index (χ1n) is 10.3. The van der Waals surface area contributed by atoms with Gasteiger partial charge in [0, 0.05) is 39.0 Å². The fourth-order valence-corrected chi connectivity index (χ4v) is 3.94. The van der Waals surface area contributed by atoms with E-state index in [0.29, 0.717) is 13.2 Å². The first-order valence-corrected chi connectivity index (χ1v) is 10.3. The van der Waals surface area contributed by atoms with Crippen molar-refractivity contribution in [1.29, 1.82) is 0 Å². The van der Waals surface area contributed by atoms with Gasteiger partial charge in [-0.25, -0.2) is 9.07 Å². The van der Waals surface area contributed by atoms with Crippen LogP contribution in [-0.2, 0) is 11.3 Å². The number of ether oxygens (including phenoxy) is 2. The van der Waals surface area contributed by atoms with Crippen molar-refractivity contribution in [3.8, 4) is 5.75 Å². The maximum Gasteiger partial charge on any atom is 0.173 e. The number of anilines is 1. The lowest BCUT2D eigenvalue weighted by atomic mass is 10.0. The van der Waals surface area contributed by atoms with Crippen LogP contribution in [0.25, 0.3) is 0 Å². The molecule has 0 spiro atoms. The summed E-state index contributed by atoms with van der Waals surface area (Å²) in [5.74, 6) is 1.38. The number of nitrogens with zero attached hydrogens (tertiary/aromatic N) is 6. The number of aromatic nitrogens is 4. The van der Waals surface area contributed by atoms with E-state index in [9.17, 15) is 4.39 Å². The zero-order valence-electron chi connectivity index (χ0n) is 17.8. The Hall–Kier alpha value is -3.04. The quantitative estimate of drug-likeness (QED) is 0.548. The molecule has 1 atom stereocenters. The second-order valence-corrected chi connectivity index (χ2v) is 7.43. The molecular formula is C22H27FN6O2. The second-order valence-electron chi connectivity index (χ2n) is 7.43. The number of tetrazole rings is 1. The molecule has 164 valence electrons. The van der Waals surface area contributed by atoms with Gasteiger partial charge < -0.3 is 14.4 Å². The molecule has 0 N–H and O–H groups in total. The molecule has 0 radical (unpaired) electrons. The highest BCUT2D eigenvalue weighted by molar-refractivity contribution is 5.46. The van der Waals surface area contributed by atoms with E-state index in [1.807, 2.05) is 28.9 Å². The Labute approximate surface area is 181 Å². The molecule has 1 saturated heterocycles. The first kappa shape index (κ1) is 21.2. The standard InChI is InChI=1S/C22H27FN6O2/c1-30-16-15-29-22(24-25-26-29)21(17-3-9-20(31-2)10-4-17)28-13-11-27(12-14-28)19-7-5-18(23)6-8-19/h3-10,21H,11-16H2,1-2H3/t21-/m1/s1. The lowest BCUT2D eigenvalue weighted by Crippen LogP contribution is -2.48. The molecule has 0 unspecified atom stereocenters. The van der Waals surface area contributed by atoms with Gasteiger partial charge in [0.05, 0.1) is 26.3 Å². The molecule has 2 aromatic carbocycles. The van der Waals surface area contributed by atoms with Gasteiger partial charge in [0.25, 0.3) is 0 Å². The molecule has 4 rings (SSSR count). The zero-order valence-corrected chi connectivity index (χ0v) is 17.8. The van der Waals surface area contributed by atoms with Gasteiger partial charge in [-0.05, 0) is 52.4 Å². The highest BCUT2D eigenvalue weighted by Gasteiger charge is 2.30. The second kappa shape index (κ2) is 9.84. The molecule has 1 fully saturated rings. The summed E-state index contributed by atoms with van der Waals surface area (Å²) < 4.78 is 25.6. The third kappa shape index (κ3) is 4.83. The number of methoxy groups -OCH3 is 2. The average molecular weight is 426 g/mol. The summed E-state index contributed by atoms with van der Waals surface area (Å²) in [6.45, 7) is 4.43. The Morgan fingerprint density at radius 1 is 0.968 bits per heavy atom. The van der Waals surface area contributed by atoms with Crippen LogP contribution in [0.4, 0.5) is 10.1 Å². The molecule has 1 aliphatic heterocycles. The summed E-state index contributed by atoms with van der Waals surface area (Å²) in [5.41, 5.74) is 2.14. The number of piperazine rings is 1. The predicted octanol–water partition coefficient (Wildman–Crippen LogP) is 2.38. The minimum atomic E-state index is -0.218. The zero-order chi connectivity index (χ0) is 21.6. The summed E-state index contributed by atoms with van der Waals surface area (Å²) in [4.78, 5) is 4.66. The predicted molar refractivity (Wildman–Crippen MR) is 115 cm³/mol. The van der Waals surface area contributed by atoms with E-state index in [-0.39, 0.29) is 11.9 Å². The Kier molecular flexibility index (Phi) is 6.73. The number of hydrogen-bond donors (Lipinski definition) is 0. The van der Waals surface area contributed by atoms with Gasteiger partial charge in [0.1, 0.15) is 11.6 Å². The molecule has 2 heterocycles. The topological polar surface area (TPSA) is 68.5 Å². The monoisotopic (exact) mass is 426 g/mol. The maximum absolute atomic E-state index is 13.3. The van der Waals surface area contributed by atoms with E-state index < -0.39 is 0 Å². The molecule has 9 heteroatoms. The van der Waals surface area contributed by atoms with Crippen molar-refractivity contribution in [3.63, 3.8) is 0 Å². The van der Waals surface area contributed by atoms with Crippen molar-refractivity contribution >= 4 is 5.69 Å². The highest BCUT2D eigenvalue weighted by atomic mass is 19.1. The Bertz CT molecular complexity index is 955. The van der Waals surface area contributed by atoms with Crippen LogP contribution in [0.1, 0.15) is 17.4 Å². The van der Waals surface area contributed by atoms with Crippen LogP contribution in [0.5, 0.6) is 5.75 Å². The van der Waals surface area contributed by atoms with Crippen LogP contribution in [0.15, 0.2) is 48.5 Å². The lowest BCUT2D eigenvalue weighted by molar-refractivity contribution is 0.171. The van der Waals surface area contributed by atoms with Crippen molar-refractivity contribution in [1.82, 2.24) is 25.1 Å². The van der Waals surface area contributed by atoms with Crippen LogP contribution in [-0.4, -0.2) is 72.1 Å². The van der Waals surface area contributed by atoms with E-state index in [2.05, 4.69) is 37.5 Å². The molecule has 0 amide bonds. The van der Waals surface area contributed by atoms with Gasteiger partial charge in [-0.1, -0.05) is 12.1 Å². The summed E-state index contributed by atoms with van der Waals surface area (Å²) in [5, 5.41) is 12.5. The van der Waals surface area contributed by atoms with E-state index in [0.717, 1.165) is 49.0 Å². The van der Waals surface area contributed by atoms with Gasteiger partial charge in [-0.2, -0.15) is 0 Å².